The van der Waals surface area contributed by atoms with Crippen LogP contribution in [0.3, 0.4) is 0 Å². The fourth-order valence-electron chi connectivity index (χ4n) is 4.07. The van der Waals surface area contributed by atoms with Crippen molar-refractivity contribution in [3.8, 4) is 0 Å². The number of benzene rings is 1. The number of nitrogens with one attached hydrogen (secondary N) is 2. The number of amides is 1. The number of carbonyl (C=O) groups excluding carboxylic acids is 1. The van der Waals surface area contributed by atoms with Crippen LogP contribution in [-0.2, 0) is 23.4 Å². The molecule has 3 atom stereocenters. The van der Waals surface area contributed by atoms with Crippen LogP contribution in [0.2, 0.25) is 0 Å². The number of carbonyl (C=O) groups is 1. The van der Waals surface area contributed by atoms with Gasteiger partial charge in [0.2, 0.25) is 0 Å². The molecule has 172 valence electrons. The monoisotopic (exact) mass is 463 g/mol. The molecule has 0 saturated carbocycles. The zero-order valence-electron chi connectivity index (χ0n) is 19.1. The number of pyridine rings is 1. The van der Waals surface area contributed by atoms with E-state index in [9.17, 15) is 9.00 Å². The number of hydrogen-bond donors (Lipinski definition) is 2. The minimum absolute atomic E-state index is 0.140. The molecule has 3 unspecified atom stereocenters. The van der Waals surface area contributed by atoms with Crippen molar-refractivity contribution < 1.29 is 9.00 Å². The lowest BCUT2D eigenvalue weighted by atomic mass is 9.94. The Labute approximate surface area is 195 Å². The number of aryl methyl sites for hydroxylation is 2. The summed E-state index contributed by atoms with van der Waals surface area (Å²) in [5.74, 6) is -0.0566. The van der Waals surface area contributed by atoms with Gasteiger partial charge in [0.1, 0.15) is 15.6 Å². The fraction of sp³-hybridized carbons (Fsp3) is 0.280. The summed E-state index contributed by atoms with van der Waals surface area (Å²) in [6.07, 6.45) is 10.8. The van der Waals surface area contributed by atoms with Crippen LogP contribution in [0.5, 0.6) is 0 Å². The zero-order chi connectivity index (χ0) is 23.4. The van der Waals surface area contributed by atoms with Gasteiger partial charge in [0.05, 0.1) is 4.90 Å². The minimum atomic E-state index is -2.91. The summed E-state index contributed by atoms with van der Waals surface area (Å²) in [6.45, 7) is 2.15. The molecular formula is C25H29N5O2S. The molecule has 0 saturated heterocycles. The lowest BCUT2D eigenvalue weighted by molar-refractivity contribution is 0.101. The molecule has 0 bridgehead atoms. The molecule has 1 aliphatic rings. The molecule has 1 amide bonds. The van der Waals surface area contributed by atoms with E-state index in [4.69, 9.17) is 0 Å². The lowest BCUT2D eigenvalue weighted by Gasteiger charge is -2.23. The molecule has 0 fully saturated rings. The smallest absolute Gasteiger partial charge is 0.272 e. The first-order valence-corrected chi connectivity index (χ1v) is 12.5. The van der Waals surface area contributed by atoms with Crippen molar-refractivity contribution in [2.45, 2.75) is 30.7 Å². The van der Waals surface area contributed by atoms with E-state index in [1.54, 1.807) is 49.4 Å². The molecule has 1 aromatic carbocycles. The molecular weight excluding hydrogens is 434 g/mol. The first-order chi connectivity index (χ1) is 15.9. The second-order valence-corrected chi connectivity index (χ2v) is 10.4. The molecule has 4 rings (SSSR count). The van der Waals surface area contributed by atoms with E-state index in [0.717, 1.165) is 12.8 Å². The van der Waals surface area contributed by atoms with E-state index in [1.807, 2.05) is 30.4 Å². The van der Waals surface area contributed by atoms with Gasteiger partial charge in [-0.05, 0) is 36.5 Å². The normalized spacial score (nSPS) is 20.5. The predicted octanol–water partition coefficient (Wildman–Crippen LogP) is 4.30. The van der Waals surface area contributed by atoms with Crippen LogP contribution in [0.15, 0.2) is 76.4 Å². The van der Waals surface area contributed by atoms with Gasteiger partial charge in [0.15, 0.2) is 0 Å². The second kappa shape index (κ2) is 9.72. The highest BCUT2D eigenvalue weighted by Crippen LogP contribution is 2.30. The highest BCUT2D eigenvalue weighted by molar-refractivity contribution is 7.91. The van der Waals surface area contributed by atoms with Crippen molar-refractivity contribution in [1.29, 1.82) is 0 Å². The Kier molecular flexibility index (Phi) is 6.76. The van der Waals surface area contributed by atoms with Crippen LogP contribution in [0.4, 0.5) is 5.69 Å². The molecule has 8 heteroatoms. The molecule has 2 N–H and O–H groups in total. The van der Waals surface area contributed by atoms with Crippen molar-refractivity contribution in [1.82, 2.24) is 14.3 Å². The van der Waals surface area contributed by atoms with Crippen molar-refractivity contribution >= 4 is 27.6 Å². The number of anilines is 1. The first-order valence-electron chi connectivity index (χ1n) is 11.0. The van der Waals surface area contributed by atoms with Gasteiger partial charge in [-0.15, -0.1) is 0 Å². The SMILES string of the molecule is CN=S1(=O)NC(C(C)CCc2ccccc2)C=Cc2c1cn(C)c2C(=O)Nc1ccncc1. The van der Waals surface area contributed by atoms with Gasteiger partial charge in [0, 0.05) is 50.0 Å². The molecule has 33 heavy (non-hydrogen) atoms. The van der Waals surface area contributed by atoms with Gasteiger partial charge in [0.25, 0.3) is 5.91 Å². The van der Waals surface area contributed by atoms with Gasteiger partial charge >= 0.3 is 0 Å². The van der Waals surface area contributed by atoms with Crippen LogP contribution in [0.1, 0.15) is 35.0 Å². The van der Waals surface area contributed by atoms with Crippen molar-refractivity contribution in [2.24, 2.45) is 17.3 Å². The lowest BCUT2D eigenvalue weighted by Crippen LogP contribution is -2.37. The Morgan fingerprint density at radius 1 is 1.24 bits per heavy atom. The average molecular weight is 464 g/mol. The largest absolute Gasteiger partial charge is 0.345 e. The fourth-order valence-corrected chi connectivity index (χ4v) is 5.94. The van der Waals surface area contributed by atoms with Crippen molar-refractivity contribution in [3.63, 3.8) is 0 Å². The quantitative estimate of drug-likeness (QED) is 0.571. The van der Waals surface area contributed by atoms with E-state index in [0.29, 0.717) is 21.8 Å². The Bertz CT molecular complexity index is 1270. The average Bonchev–Trinajstić information content (AvgIpc) is 3.10. The van der Waals surface area contributed by atoms with Gasteiger partial charge in [-0.25, -0.2) is 13.3 Å². The molecule has 3 heterocycles. The molecule has 7 nitrogen and oxygen atoms in total. The second-order valence-electron chi connectivity index (χ2n) is 8.27. The maximum Gasteiger partial charge on any atom is 0.272 e. The van der Waals surface area contributed by atoms with E-state index in [1.165, 1.54) is 5.56 Å². The number of aromatic nitrogens is 2. The summed E-state index contributed by atoms with van der Waals surface area (Å²) in [7, 11) is 0.425. The number of nitrogens with zero attached hydrogens (tertiary/aromatic N) is 3. The van der Waals surface area contributed by atoms with Gasteiger partial charge in [-0.2, -0.15) is 0 Å². The van der Waals surface area contributed by atoms with Gasteiger partial charge in [-0.3, -0.25) is 9.78 Å². The molecule has 0 radical (unpaired) electrons. The van der Waals surface area contributed by atoms with Crippen LogP contribution in [0.25, 0.3) is 6.08 Å². The summed E-state index contributed by atoms with van der Waals surface area (Å²) in [5.41, 5.74) is 2.99. The molecule has 0 spiro atoms. The Morgan fingerprint density at radius 2 is 1.97 bits per heavy atom. The third kappa shape index (κ3) is 4.91. The van der Waals surface area contributed by atoms with E-state index in [2.05, 4.69) is 38.4 Å². The van der Waals surface area contributed by atoms with Crippen LogP contribution in [-0.4, -0.2) is 32.8 Å². The Morgan fingerprint density at radius 3 is 2.67 bits per heavy atom. The standard InChI is InChI=1S/C25H29N5O2S/c1-18(9-10-19-7-5-4-6-8-19)22-12-11-21-23(33(32,26-2)29-22)17-30(3)24(21)25(31)28-20-13-15-27-16-14-20/h4-8,11-18,22H,9-10H2,1-3H3,(H,26,29,32)(H,27,28,31). The maximum absolute atomic E-state index is 13.9. The summed E-state index contributed by atoms with van der Waals surface area (Å²) in [4.78, 5) is 17.6. The Hall–Kier alpha value is -3.23. The third-order valence-corrected chi connectivity index (χ3v) is 8.03. The molecule has 0 aliphatic carbocycles. The first kappa shape index (κ1) is 22.9. The van der Waals surface area contributed by atoms with Gasteiger partial charge in [-0.1, -0.05) is 49.4 Å². The third-order valence-electron chi connectivity index (χ3n) is 6.00. The van der Waals surface area contributed by atoms with E-state index in [-0.39, 0.29) is 17.9 Å². The van der Waals surface area contributed by atoms with Crippen LogP contribution >= 0.6 is 0 Å². The van der Waals surface area contributed by atoms with E-state index >= 15 is 0 Å². The van der Waals surface area contributed by atoms with Crippen LogP contribution < -0.4 is 10.0 Å². The summed E-state index contributed by atoms with van der Waals surface area (Å²) < 4.78 is 23.1. The number of fused-ring (bicyclic) bond motifs is 1. The molecule has 1 aliphatic heterocycles. The maximum atomic E-state index is 13.9. The summed E-state index contributed by atoms with van der Waals surface area (Å²) in [5, 5.41) is 2.90. The highest BCUT2D eigenvalue weighted by Gasteiger charge is 2.30. The predicted molar refractivity (Wildman–Crippen MR) is 132 cm³/mol. The van der Waals surface area contributed by atoms with Crippen molar-refractivity contribution in [2.75, 3.05) is 12.4 Å². The minimum Gasteiger partial charge on any atom is -0.345 e. The Balaban J connectivity index is 1.62. The number of hydrogen-bond acceptors (Lipinski definition) is 4. The molecule has 2 aromatic heterocycles. The van der Waals surface area contributed by atoms with Gasteiger partial charge < -0.3 is 9.88 Å². The number of rotatable bonds is 6. The molecule has 3 aromatic rings. The summed E-state index contributed by atoms with van der Waals surface area (Å²) in [6, 6.07) is 13.7. The zero-order valence-corrected chi connectivity index (χ0v) is 19.9. The highest BCUT2D eigenvalue weighted by atomic mass is 32.2. The summed E-state index contributed by atoms with van der Waals surface area (Å²) >= 11 is 0. The van der Waals surface area contributed by atoms with Crippen molar-refractivity contribution in [3.05, 3.63) is 84.0 Å². The van der Waals surface area contributed by atoms with Crippen LogP contribution in [0, 0.1) is 5.92 Å². The van der Waals surface area contributed by atoms with E-state index < -0.39 is 9.92 Å². The topological polar surface area (TPSA) is 88.4 Å².